The smallest absolute Gasteiger partial charge is 0.391 e. The van der Waals surface area contributed by atoms with Crippen LogP contribution in [0.2, 0.25) is 0 Å². The van der Waals surface area contributed by atoms with Crippen molar-refractivity contribution in [3.63, 3.8) is 0 Å². The molecule has 0 spiro atoms. The van der Waals surface area contributed by atoms with Gasteiger partial charge < -0.3 is 5.73 Å². The Hall–Kier alpha value is -1.52. The molecule has 0 aliphatic heterocycles. The van der Waals surface area contributed by atoms with E-state index in [9.17, 15) is 18.0 Å². The van der Waals surface area contributed by atoms with Gasteiger partial charge in [0.05, 0.1) is 5.92 Å². The molecule has 110 valence electrons. The van der Waals surface area contributed by atoms with E-state index in [-0.39, 0.29) is 18.6 Å². The van der Waals surface area contributed by atoms with Crippen LogP contribution in [0.15, 0.2) is 18.2 Å². The van der Waals surface area contributed by atoms with Gasteiger partial charge in [0, 0.05) is 17.2 Å². The summed E-state index contributed by atoms with van der Waals surface area (Å²) in [6.07, 6.45) is -3.17. The predicted molar refractivity (Wildman–Crippen MR) is 71.4 cm³/mol. The van der Waals surface area contributed by atoms with Crippen LogP contribution in [0.4, 0.5) is 18.9 Å². The second-order valence-electron chi connectivity index (χ2n) is 5.54. The highest BCUT2D eigenvalue weighted by molar-refractivity contribution is 5.98. The van der Waals surface area contributed by atoms with Gasteiger partial charge in [-0.25, -0.2) is 0 Å². The Morgan fingerprint density at radius 2 is 2.00 bits per heavy atom. The van der Waals surface area contributed by atoms with Crippen molar-refractivity contribution in [1.82, 2.24) is 0 Å². The van der Waals surface area contributed by atoms with Crippen LogP contribution in [0.1, 0.15) is 41.6 Å². The van der Waals surface area contributed by atoms with Crippen LogP contribution in [-0.4, -0.2) is 12.0 Å². The number of aryl methyl sites for hydroxylation is 1. The Bertz CT molecular complexity index is 510. The first kappa shape index (κ1) is 14.9. The molecule has 2 unspecified atom stereocenters. The summed E-state index contributed by atoms with van der Waals surface area (Å²) < 4.78 is 38.3. The maximum absolute atomic E-state index is 12.8. The number of alkyl halides is 3. The number of carbonyl (C=O) groups excluding carboxylic acids is 1. The van der Waals surface area contributed by atoms with E-state index < -0.39 is 18.0 Å². The minimum atomic E-state index is -4.20. The summed E-state index contributed by atoms with van der Waals surface area (Å²) in [5, 5.41) is 0. The predicted octanol–water partition coefficient (Wildman–Crippen LogP) is 4.13. The van der Waals surface area contributed by atoms with Crippen molar-refractivity contribution in [3.8, 4) is 0 Å². The number of hydrogen-bond donors (Lipinski definition) is 1. The third-order valence-electron chi connectivity index (χ3n) is 4.06. The lowest BCUT2D eigenvalue weighted by Crippen LogP contribution is -2.31. The lowest BCUT2D eigenvalue weighted by molar-refractivity contribution is -0.184. The van der Waals surface area contributed by atoms with Crippen LogP contribution in [0.5, 0.6) is 0 Å². The fourth-order valence-corrected chi connectivity index (χ4v) is 2.79. The Kier molecular flexibility index (Phi) is 4.06. The third-order valence-corrected chi connectivity index (χ3v) is 4.06. The first-order valence-electron chi connectivity index (χ1n) is 6.76. The van der Waals surface area contributed by atoms with Crippen molar-refractivity contribution in [2.24, 2.45) is 11.8 Å². The van der Waals surface area contributed by atoms with Crippen molar-refractivity contribution >= 4 is 11.5 Å². The highest BCUT2D eigenvalue weighted by atomic mass is 19.4. The second kappa shape index (κ2) is 5.46. The van der Waals surface area contributed by atoms with E-state index in [1.807, 2.05) is 0 Å². The zero-order valence-electron chi connectivity index (χ0n) is 11.3. The summed E-state index contributed by atoms with van der Waals surface area (Å²) in [5.74, 6) is -2.07. The van der Waals surface area contributed by atoms with Gasteiger partial charge in [0.2, 0.25) is 0 Å². The van der Waals surface area contributed by atoms with Crippen molar-refractivity contribution in [2.45, 2.75) is 38.8 Å². The molecule has 0 aromatic heterocycles. The molecule has 0 radical (unpaired) electrons. The molecule has 0 saturated heterocycles. The normalized spacial score (nSPS) is 23.6. The molecule has 1 aromatic carbocycles. The Balaban J connectivity index is 2.14. The molecular formula is C15H18F3NO. The van der Waals surface area contributed by atoms with Gasteiger partial charge in [0.15, 0.2) is 5.78 Å². The maximum Gasteiger partial charge on any atom is 0.391 e. The number of carbonyl (C=O) groups is 1. The minimum absolute atomic E-state index is 0.0915. The van der Waals surface area contributed by atoms with Crippen LogP contribution in [0, 0.1) is 18.8 Å². The molecule has 2 N–H and O–H groups in total. The van der Waals surface area contributed by atoms with E-state index >= 15 is 0 Å². The van der Waals surface area contributed by atoms with Crippen LogP contribution in [0.25, 0.3) is 0 Å². The number of halogens is 3. The van der Waals surface area contributed by atoms with Gasteiger partial charge in [-0.15, -0.1) is 0 Å². The molecular weight excluding hydrogens is 267 g/mol. The number of rotatable bonds is 2. The van der Waals surface area contributed by atoms with E-state index in [1.165, 1.54) is 0 Å². The van der Waals surface area contributed by atoms with Gasteiger partial charge in [-0.05, 0) is 49.9 Å². The summed E-state index contributed by atoms with van der Waals surface area (Å²) in [6.45, 7) is 1.78. The molecule has 1 aliphatic rings. The zero-order chi connectivity index (χ0) is 14.9. The molecule has 2 rings (SSSR count). The molecule has 0 amide bonds. The SMILES string of the molecule is Cc1cc(C(=O)C2CCCC(C(F)(F)F)C2)ccc1N. The van der Waals surface area contributed by atoms with Gasteiger partial charge in [-0.1, -0.05) is 6.42 Å². The summed E-state index contributed by atoms with van der Waals surface area (Å²) in [4.78, 5) is 12.3. The Labute approximate surface area is 116 Å². The van der Waals surface area contributed by atoms with Crippen molar-refractivity contribution < 1.29 is 18.0 Å². The molecule has 2 atom stereocenters. The number of ketones is 1. The molecule has 1 aliphatic carbocycles. The average molecular weight is 285 g/mol. The second-order valence-corrected chi connectivity index (χ2v) is 5.54. The van der Waals surface area contributed by atoms with Crippen LogP contribution in [0.3, 0.4) is 0 Å². The average Bonchev–Trinajstić information content (AvgIpc) is 2.40. The van der Waals surface area contributed by atoms with Gasteiger partial charge in [0.25, 0.3) is 0 Å². The van der Waals surface area contributed by atoms with Gasteiger partial charge in [0.1, 0.15) is 0 Å². The van der Waals surface area contributed by atoms with Crippen LogP contribution < -0.4 is 5.73 Å². The molecule has 0 bridgehead atoms. The molecule has 0 heterocycles. The Morgan fingerprint density at radius 3 is 2.60 bits per heavy atom. The molecule has 5 heteroatoms. The number of Topliss-reactive ketones (excluding diaryl/α,β-unsaturated/α-hetero) is 1. The lowest BCUT2D eigenvalue weighted by Gasteiger charge is -2.29. The number of anilines is 1. The number of nitrogen functional groups attached to an aromatic ring is 1. The van der Waals surface area contributed by atoms with Crippen molar-refractivity contribution in [2.75, 3.05) is 5.73 Å². The minimum Gasteiger partial charge on any atom is -0.399 e. The first-order chi connectivity index (χ1) is 9.29. The van der Waals surface area contributed by atoms with Crippen molar-refractivity contribution in [3.05, 3.63) is 29.3 Å². The number of benzene rings is 1. The van der Waals surface area contributed by atoms with E-state index in [0.717, 1.165) is 5.56 Å². The van der Waals surface area contributed by atoms with E-state index in [4.69, 9.17) is 5.73 Å². The van der Waals surface area contributed by atoms with E-state index in [2.05, 4.69) is 0 Å². The zero-order valence-corrected chi connectivity index (χ0v) is 11.3. The molecule has 1 aromatic rings. The number of hydrogen-bond acceptors (Lipinski definition) is 2. The van der Waals surface area contributed by atoms with E-state index in [1.54, 1.807) is 25.1 Å². The summed E-state index contributed by atoms with van der Waals surface area (Å²) >= 11 is 0. The van der Waals surface area contributed by atoms with Gasteiger partial charge >= 0.3 is 6.18 Å². The summed E-state index contributed by atoms with van der Waals surface area (Å²) in [7, 11) is 0. The number of nitrogens with two attached hydrogens (primary N) is 1. The Morgan fingerprint density at radius 1 is 1.30 bits per heavy atom. The maximum atomic E-state index is 12.8. The summed E-state index contributed by atoms with van der Waals surface area (Å²) in [5.41, 5.74) is 7.51. The lowest BCUT2D eigenvalue weighted by atomic mass is 9.77. The largest absolute Gasteiger partial charge is 0.399 e. The first-order valence-corrected chi connectivity index (χ1v) is 6.76. The highest BCUT2D eigenvalue weighted by Crippen LogP contribution is 2.40. The molecule has 1 fully saturated rings. The highest BCUT2D eigenvalue weighted by Gasteiger charge is 2.43. The molecule has 2 nitrogen and oxygen atoms in total. The quantitative estimate of drug-likeness (QED) is 0.656. The monoisotopic (exact) mass is 285 g/mol. The van der Waals surface area contributed by atoms with E-state index in [0.29, 0.717) is 24.1 Å². The fraction of sp³-hybridized carbons (Fsp3) is 0.533. The topological polar surface area (TPSA) is 43.1 Å². The standard InChI is InChI=1S/C15H18F3NO/c1-9-7-11(5-6-13(9)19)14(20)10-3-2-4-12(8-10)15(16,17)18/h5-7,10,12H,2-4,8,19H2,1H3. The molecule has 1 saturated carbocycles. The van der Waals surface area contributed by atoms with Gasteiger partial charge in [-0.3, -0.25) is 4.79 Å². The molecule has 20 heavy (non-hydrogen) atoms. The summed E-state index contributed by atoms with van der Waals surface area (Å²) in [6, 6.07) is 4.89. The van der Waals surface area contributed by atoms with Crippen molar-refractivity contribution in [1.29, 1.82) is 0 Å². The third kappa shape index (κ3) is 3.14. The fourth-order valence-electron chi connectivity index (χ4n) is 2.79. The van der Waals surface area contributed by atoms with Gasteiger partial charge in [-0.2, -0.15) is 13.2 Å². The van der Waals surface area contributed by atoms with Crippen LogP contribution >= 0.6 is 0 Å². The van der Waals surface area contributed by atoms with Crippen LogP contribution in [-0.2, 0) is 0 Å².